The fourth-order valence-corrected chi connectivity index (χ4v) is 3.45. The van der Waals surface area contributed by atoms with Crippen molar-refractivity contribution in [3.63, 3.8) is 0 Å². The highest BCUT2D eigenvalue weighted by Gasteiger charge is 2.01. The molecule has 0 aliphatic carbocycles. The zero-order valence-electron chi connectivity index (χ0n) is 16.2. The maximum absolute atomic E-state index is 11.2. The molecular formula is C20H24N2O5S2. The lowest BCUT2D eigenvalue weighted by Crippen LogP contribution is -2.09. The van der Waals surface area contributed by atoms with Crippen LogP contribution in [0.5, 0.6) is 0 Å². The third-order valence-corrected chi connectivity index (χ3v) is 4.69. The average molecular weight is 437 g/mol. The SMILES string of the molecule is CS(=O)(=O)Nc1ccc(C=CCOCC=Cc2ccc(NS(C)(=O)=O)cc2)cc1. The summed E-state index contributed by atoms with van der Waals surface area (Å²) >= 11 is 0. The topological polar surface area (TPSA) is 102 Å². The number of rotatable bonds is 10. The molecule has 2 aromatic carbocycles. The molecule has 7 nitrogen and oxygen atoms in total. The molecule has 0 saturated carbocycles. The van der Waals surface area contributed by atoms with Gasteiger partial charge in [0.1, 0.15) is 0 Å². The summed E-state index contributed by atoms with van der Waals surface area (Å²) in [5.74, 6) is 0. The van der Waals surface area contributed by atoms with Gasteiger partial charge < -0.3 is 4.74 Å². The highest BCUT2D eigenvalue weighted by atomic mass is 32.2. The Labute approximate surface area is 172 Å². The maximum Gasteiger partial charge on any atom is 0.229 e. The summed E-state index contributed by atoms with van der Waals surface area (Å²) in [6, 6.07) is 14.0. The second kappa shape index (κ2) is 10.2. The monoisotopic (exact) mass is 436 g/mol. The summed E-state index contributed by atoms with van der Waals surface area (Å²) in [5, 5.41) is 0. The molecule has 0 amide bonds. The van der Waals surface area contributed by atoms with Crippen LogP contribution in [0.15, 0.2) is 60.7 Å². The first-order chi connectivity index (χ1) is 13.6. The van der Waals surface area contributed by atoms with Gasteiger partial charge in [0.2, 0.25) is 20.0 Å². The highest BCUT2D eigenvalue weighted by Crippen LogP contribution is 2.13. The second-order valence-corrected chi connectivity index (χ2v) is 9.83. The van der Waals surface area contributed by atoms with Crippen molar-refractivity contribution < 1.29 is 21.6 Å². The molecule has 0 aliphatic heterocycles. The van der Waals surface area contributed by atoms with E-state index in [1.54, 1.807) is 24.3 Å². The molecule has 0 bridgehead atoms. The molecule has 0 aliphatic rings. The van der Waals surface area contributed by atoms with Gasteiger partial charge in [0.05, 0.1) is 25.7 Å². The van der Waals surface area contributed by atoms with Gasteiger partial charge in [-0.25, -0.2) is 16.8 Å². The van der Waals surface area contributed by atoms with Crippen LogP contribution in [0.2, 0.25) is 0 Å². The maximum atomic E-state index is 11.2. The summed E-state index contributed by atoms with van der Waals surface area (Å²) in [4.78, 5) is 0. The van der Waals surface area contributed by atoms with E-state index >= 15 is 0 Å². The minimum Gasteiger partial charge on any atom is -0.373 e. The minimum absolute atomic E-state index is 0.435. The van der Waals surface area contributed by atoms with Gasteiger partial charge in [-0.1, -0.05) is 48.6 Å². The summed E-state index contributed by atoms with van der Waals surface area (Å²) in [6.45, 7) is 0.871. The Kier molecular flexibility index (Phi) is 8.00. The van der Waals surface area contributed by atoms with Crippen molar-refractivity contribution in [2.45, 2.75) is 0 Å². The Hall–Kier alpha value is -2.62. The van der Waals surface area contributed by atoms with Crippen LogP contribution in [-0.4, -0.2) is 42.6 Å². The number of benzene rings is 2. The van der Waals surface area contributed by atoms with Crippen LogP contribution in [-0.2, 0) is 24.8 Å². The van der Waals surface area contributed by atoms with Gasteiger partial charge in [0.25, 0.3) is 0 Å². The molecule has 2 rings (SSSR count). The van der Waals surface area contributed by atoms with Crippen LogP contribution >= 0.6 is 0 Å². The van der Waals surface area contributed by atoms with Crippen molar-refractivity contribution in [2.75, 3.05) is 35.2 Å². The Balaban J connectivity index is 1.72. The average Bonchev–Trinajstić information content (AvgIpc) is 2.61. The number of anilines is 2. The van der Waals surface area contributed by atoms with Gasteiger partial charge >= 0.3 is 0 Å². The number of hydrogen-bond donors (Lipinski definition) is 2. The molecule has 9 heteroatoms. The van der Waals surface area contributed by atoms with Crippen molar-refractivity contribution in [2.24, 2.45) is 0 Å². The van der Waals surface area contributed by atoms with Crippen LogP contribution < -0.4 is 9.44 Å². The zero-order valence-corrected chi connectivity index (χ0v) is 17.8. The van der Waals surface area contributed by atoms with E-state index < -0.39 is 20.0 Å². The third kappa shape index (κ3) is 9.93. The van der Waals surface area contributed by atoms with Gasteiger partial charge in [-0.05, 0) is 35.4 Å². The van der Waals surface area contributed by atoms with Gasteiger partial charge in [-0.15, -0.1) is 0 Å². The second-order valence-electron chi connectivity index (χ2n) is 6.33. The third-order valence-electron chi connectivity index (χ3n) is 3.48. The number of sulfonamides is 2. The first-order valence-electron chi connectivity index (χ1n) is 8.67. The molecule has 2 aromatic rings. The van der Waals surface area contributed by atoms with E-state index in [4.69, 9.17) is 4.74 Å². The first kappa shape index (κ1) is 22.7. The molecule has 0 heterocycles. The molecule has 0 unspecified atom stereocenters. The van der Waals surface area contributed by atoms with Gasteiger partial charge in [0.15, 0.2) is 0 Å². The summed E-state index contributed by atoms with van der Waals surface area (Å²) in [6.07, 6.45) is 9.75. The van der Waals surface area contributed by atoms with Crippen LogP contribution in [0, 0.1) is 0 Å². The van der Waals surface area contributed by atoms with E-state index in [0.29, 0.717) is 24.6 Å². The molecule has 0 fully saturated rings. The molecule has 0 spiro atoms. The fraction of sp³-hybridized carbons (Fsp3) is 0.200. The quantitative estimate of drug-likeness (QED) is 0.557. The lowest BCUT2D eigenvalue weighted by molar-refractivity contribution is 0.195. The fourth-order valence-electron chi connectivity index (χ4n) is 2.33. The molecule has 29 heavy (non-hydrogen) atoms. The van der Waals surface area contributed by atoms with E-state index in [1.165, 1.54) is 0 Å². The number of ether oxygens (including phenoxy) is 1. The predicted octanol–water partition coefficient (Wildman–Crippen LogP) is 3.17. The minimum atomic E-state index is -3.27. The Morgan fingerprint density at radius 1 is 0.690 bits per heavy atom. The Morgan fingerprint density at radius 2 is 1.03 bits per heavy atom. The van der Waals surface area contributed by atoms with Crippen molar-refractivity contribution in [3.05, 3.63) is 71.8 Å². The predicted molar refractivity (Wildman–Crippen MR) is 119 cm³/mol. The van der Waals surface area contributed by atoms with E-state index in [-0.39, 0.29) is 0 Å². The lowest BCUT2D eigenvalue weighted by Gasteiger charge is -2.03. The van der Waals surface area contributed by atoms with E-state index in [1.807, 2.05) is 48.6 Å². The number of nitrogens with one attached hydrogen (secondary N) is 2. The van der Waals surface area contributed by atoms with Crippen molar-refractivity contribution in [1.29, 1.82) is 0 Å². The van der Waals surface area contributed by atoms with E-state index in [2.05, 4.69) is 9.44 Å². The lowest BCUT2D eigenvalue weighted by atomic mass is 10.2. The van der Waals surface area contributed by atoms with Crippen molar-refractivity contribution in [3.8, 4) is 0 Å². The zero-order chi connectivity index (χ0) is 21.3. The molecular weight excluding hydrogens is 412 g/mol. The molecule has 0 radical (unpaired) electrons. The van der Waals surface area contributed by atoms with E-state index in [9.17, 15) is 16.8 Å². The largest absolute Gasteiger partial charge is 0.373 e. The van der Waals surface area contributed by atoms with Crippen molar-refractivity contribution in [1.82, 2.24) is 0 Å². The standard InChI is InChI=1S/C20H24N2O5S2/c1-28(23,24)21-19-11-7-17(8-12-19)5-3-15-27-16-4-6-18-9-13-20(14-10-18)22-29(2,25)26/h3-14,21-22H,15-16H2,1-2H3. The Bertz CT molecular complexity index is 969. The van der Waals surface area contributed by atoms with Gasteiger partial charge in [-0.3, -0.25) is 9.44 Å². The summed E-state index contributed by atoms with van der Waals surface area (Å²) in [7, 11) is -6.54. The molecule has 0 aromatic heterocycles. The molecule has 2 N–H and O–H groups in total. The Morgan fingerprint density at radius 3 is 1.34 bits per heavy atom. The highest BCUT2D eigenvalue weighted by molar-refractivity contribution is 7.92. The van der Waals surface area contributed by atoms with Crippen LogP contribution in [0.1, 0.15) is 11.1 Å². The summed E-state index contributed by atoms with van der Waals surface area (Å²) in [5.41, 5.74) is 2.91. The van der Waals surface area contributed by atoms with Gasteiger partial charge in [0, 0.05) is 11.4 Å². The van der Waals surface area contributed by atoms with E-state index in [0.717, 1.165) is 23.6 Å². The molecule has 0 saturated heterocycles. The smallest absolute Gasteiger partial charge is 0.229 e. The van der Waals surface area contributed by atoms with Crippen LogP contribution in [0.3, 0.4) is 0 Å². The van der Waals surface area contributed by atoms with Crippen LogP contribution in [0.4, 0.5) is 11.4 Å². The number of hydrogen-bond acceptors (Lipinski definition) is 5. The normalized spacial score (nSPS) is 12.5. The first-order valence-corrected chi connectivity index (χ1v) is 12.5. The summed E-state index contributed by atoms with van der Waals surface area (Å²) < 4.78 is 55.0. The molecule has 156 valence electrons. The van der Waals surface area contributed by atoms with Gasteiger partial charge in [-0.2, -0.15) is 0 Å². The van der Waals surface area contributed by atoms with Crippen molar-refractivity contribution >= 4 is 43.6 Å². The van der Waals surface area contributed by atoms with Crippen LogP contribution in [0.25, 0.3) is 12.2 Å². The molecule has 0 atom stereocenters.